The molecule has 0 saturated carbocycles. The molecule has 19 heavy (non-hydrogen) atoms. The van der Waals surface area contributed by atoms with Crippen LogP contribution in [0.25, 0.3) is 0 Å². The number of hydrogen-bond donors (Lipinski definition) is 2. The molecule has 0 fully saturated rings. The number of aromatic nitrogens is 1. The molecule has 2 aromatic rings. The Hall–Kier alpha value is -1.99. The van der Waals surface area contributed by atoms with Gasteiger partial charge in [0.25, 0.3) is 0 Å². The van der Waals surface area contributed by atoms with Crippen molar-refractivity contribution in [2.75, 3.05) is 19.6 Å². The average Bonchev–Trinajstić information content (AvgIpc) is 2.92. The predicted octanol–water partition coefficient (Wildman–Crippen LogP) is 2.02. The van der Waals surface area contributed by atoms with E-state index in [1.807, 2.05) is 0 Å². The van der Waals surface area contributed by atoms with Crippen LogP contribution in [-0.2, 0) is 6.61 Å². The van der Waals surface area contributed by atoms with Crippen LogP contribution in [0.5, 0.6) is 17.2 Å². The van der Waals surface area contributed by atoms with Gasteiger partial charge < -0.3 is 14.2 Å². The van der Waals surface area contributed by atoms with Gasteiger partial charge in [-0.1, -0.05) is 11.3 Å². The van der Waals surface area contributed by atoms with Crippen LogP contribution in [0.15, 0.2) is 24.4 Å². The maximum Gasteiger partial charge on any atom is 0.197 e. The van der Waals surface area contributed by atoms with E-state index in [4.69, 9.17) is 20.1 Å². The lowest BCUT2D eigenvalue weighted by Crippen LogP contribution is -2.05. The molecule has 0 aliphatic heterocycles. The summed E-state index contributed by atoms with van der Waals surface area (Å²) in [6.45, 7) is 0.412. The Morgan fingerprint density at radius 2 is 1.79 bits per heavy atom. The summed E-state index contributed by atoms with van der Waals surface area (Å²) in [5, 5.41) is 0.654. The summed E-state index contributed by atoms with van der Waals surface area (Å²) >= 11 is 1.44. The van der Waals surface area contributed by atoms with Crippen molar-refractivity contribution < 1.29 is 14.2 Å². The second-order valence-electron chi connectivity index (χ2n) is 3.61. The Balaban J connectivity index is 2.05. The van der Waals surface area contributed by atoms with Crippen LogP contribution < -0.4 is 25.5 Å². The molecule has 0 aliphatic carbocycles. The monoisotopic (exact) mass is 281 g/mol. The van der Waals surface area contributed by atoms with E-state index in [1.165, 1.54) is 11.3 Å². The second-order valence-corrected chi connectivity index (χ2v) is 4.73. The first kappa shape index (κ1) is 13.4. The van der Waals surface area contributed by atoms with Crippen LogP contribution in [0, 0.1) is 0 Å². The lowest BCUT2D eigenvalue weighted by molar-refractivity contribution is 0.303. The van der Waals surface area contributed by atoms with Crippen LogP contribution in [-0.4, -0.2) is 19.2 Å². The molecule has 6 nitrogen and oxygen atoms in total. The molecule has 1 heterocycles. The van der Waals surface area contributed by atoms with Crippen LogP contribution >= 0.6 is 11.3 Å². The van der Waals surface area contributed by atoms with Gasteiger partial charge in [0.2, 0.25) is 0 Å². The van der Waals surface area contributed by atoms with E-state index in [-0.39, 0.29) is 0 Å². The molecule has 2 rings (SSSR count). The summed E-state index contributed by atoms with van der Waals surface area (Å²) in [6.07, 6.45) is 1.72. The number of benzene rings is 1. The molecular weight excluding hydrogens is 266 g/mol. The van der Waals surface area contributed by atoms with Crippen molar-refractivity contribution in [1.29, 1.82) is 0 Å². The van der Waals surface area contributed by atoms with Gasteiger partial charge in [0.05, 0.1) is 19.1 Å². The number of hydrogen-bond acceptors (Lipinski definition) is 7. The summed E-state index contributed by atoms with van der Waals surface area (Å²) < 4.78 is 16.0. The number of hydrazine groups is 1. The van der Waals surface area contributed by atoms with Crippen LogP contribution in [0.4, 0.5) is 5.13 Å². The highest BCUT2D eigenvalue weighted by molar-refractivity contribution is 7.15. The molecule has 1 aromatic carbocycles. The number of nitrogen functional groups attached to an aromatic ring is 1. The first-order valence-corrected chi connectivity index (χ1v) is 6.34. The third-order valence-electron chi connectivity index (χ3n) is 2.38. The average molecular weight is 281 g/mol. The molecule has 1 aromatic heterocycles. The third-order valence-corrected chi connectivity index (χ3v) is 3.29. The normalized spacial score (nSPS) is 10.1. The van der Waals surface area contributed by atoms with E-state index in [9.17, 15) is 0 Å². The number of thiazole rings is 1. The van der Waals surface area contributed by atoms with E-state index in [0.717, 1.165) is 4.88 Å². The molecule has 0 unspecified atom stereocenters. The molecule has 0 spiro atoms. The van der Waals surface area contributed by atoms with E-state index in [1.54, 1.807) is 38.6 Å². The number of nitrogens with two attached hydrogens (primary N) is 1. The van der Waals surface area contributed by atoms with E-state index in [0.29, 0.717) is 29.0 Å². The smallest absolute Gasteiger partial charge is 0.197 e. The second kappa shape index (κ2) is 6.26. The van der Waals surface area contributed by atoms with Gasteiger partial charge in [-0.3, -0.25) is 5.43 Å². The lowest BCUT2D eigenvalue weighted by atomic mass is 10.3. The molecule has 0 bridgehead atoms. The van der Waals surface area contributed by atoms with Crippen LogP contribution in [0.3, 0.4) is 0 Å². The lowest BCUT2D eigenvalue weighted by Gasteiger charge is -2.09. The van der Waals surface area contributed by atoms with E-state index < -0.39 is 0 Å². The van der Waals surface area contributed by atoms with Crippen molar-refractivity contribution >= 4 is 16.5 Å². The number of methoxy groups -OCH3 is 2. The van der Waals surface area contributed by atoms with Gasteiger partial charge in [-0.2, -0.15) is 0 Å². The molecule has 7 heteroatoms. The molecule has 102 valence electrons. The van der Waals surface area contributed by atoms with Gasteiger partial charge in [-0.15, -0.1) is 0 Å². The predicted molar refractivity (Wildman–Crippen MR) is 73.8 cm³/mol. The van der Waals surface area contributed by atoms with Crippen molar-refractivity contribution in [2.45, 2.75) is 6.61 Å². The summed E-state index contributed by atoms with van der Waals surface area (Å²) in [6, 6.07) is 5.38. The Kier molecular flexibility index (Phi) is 4.43. The highest BCUT2D eigenvalue weighted by Crippen LogP contribution is 2.28. The van der Waals surface area contributed by atoms with Crippen molar-refractivity contribution in [3.8, 4) is 17.2 Å². The van der Waals surface area contributed by atoms with Crippen molar-refractivity contribution in [2.24, 2.45) is 5.84 Å². The topological polar surface area (TPSA) is 78.6 Å². The minimum atomic E-state index is 0.412. The number of anilines is 1. The molecule has 3 N–H and O–H groups in total. The Morgan fingerprint density at radius 3 is 2.32 bits per heavy atom. The van der Waals surface area contributed by atoms with Crippen LogP contribution in [0.2, 0.25) is 0 Å². The van der Waals surface area contributed by atoms with Gasteiger partial charge in [0.15, 0.2) is 5.13 Å². The summed E-state index contributed by atoms with van der Waals surface area (Å²) in [5.41, 5.74) is 2.49. The molecular formula is C12H15N3O3S. The summed E-state index contributed by atoms with van der Waals surface area (Å²) in [5.74, 6) is 7.31. The molecule has 0 radical (unpaired) electrons. The Morgan fingerprint density at radius 1 is 1.16 bits per heavy atom. The highest BCUT2D eigenvalue weighted by atomic mass is 32.1. The summed E-state index contributed by atoms with van der Waals surface area (Å²) in [4.78, 5) is 5.03. The standard InChI is InChI=1S/C12H15N3O3S/c1-16-8-3-9(17-2)5-10(4-8)18-7-11-6-14-12(15-13)19-11/h3-6H,7,13H2,1-2H3,(H,14,15). The first-order chi connectivity index (χ1) is 9.25. The zero-order valence-corrected chi connectivity index (χ0v) is 11.5. The number of rotatable bonds is 6. The number of nitrogens with one attached hydrogen (secondary N) is 1. The van der Waals surface area contributed by atoms with Crippen molar-refractivity contribution in [3.63, 3.8) is 0 Å². The van der Waals surface area contributed by atoms with Gasteiger partial charge in [-0.25, -0.2) is 10.8 Å². The maximum absolute atomic E-state index is 5.68. The maximum atomic E-state index is 5.68. The minimum Gasteiger partial charge on any atom is -0.496 e. The zero-order valence-electron chi connectivity index (χ0n) is 10.7. The van der Waals surface area contributed by atoms with Crippen LogP contribution in [0.1, 0.15) is 4.88 Å². The van der Waals surface area contributed by atoms with Gasteiger partial charge in [0, 0.05) is 24.4 Å². The third kappa shape index (κ3) is 3.49. The fraction of sp³-hybridized carbons (Fsp3) is 0.250. The Labute approximate surface area is 115 Å². The van der Waals surface area contributed by atoms with E-state index in [2.05, 4.69) is 10.4 Å². The van der Waals surface area contributed by atoms with Crippen molar-refractivity contribution in [1.82, 2.24) is 4.98 Å². The SMILES string of the molecule is COc1cc(OC)cc(OCc2cnc(NN)s2)c1. The minimum absolute atomic E-state index is 0.412. The van der Waals surface area contributed by atoms with Crippen molar-refractivity contribution in [3.05, 3.63) is 29.3 Å². The number of nitrogens with zero attached hydrogens (tertiary/aromatic N) is 1. The van der Waals surface area contributed by atoms with E-state index >= 15 is 0 Å². The van der Waals surface area contributed by atoms with Gasteiger partial charge >= 0.3 is 0 Å². The fourth-order valence-electron chi connectivity index (χ4n) is 1.46. The van der Waals surface area contributed by atoms with Gasteiger partial charge in [-0.05, 0) is 0 Å². The van der Waals surface area contributed by atoms with Gasteiger partial charge in [0.1, 0.15) is 23.9 Å². The quantitative estimate of drug-likeness (QED) is 0.623. The Bertz CT molecular complexity index is 523. The molecule has 0 atom stereocenters. The zero-order chi connectivity index (χ0) is 13.7. The molecule has 0 aliphatic rings. The fourth-order valence-corrected chi connectivity index (χ4v) is 2.10. The largest absolute Gasteiger partial charge is 0.496 e. The highest BCUT2D eigenvalue weighted by Gasteiger charge is 2.05. The first-order valence-electron chi connectivity index (χ1n) is 5.52. The molecule has 0 amide bonds. The number of ether oxygens (including phenoxy) is 3. The summed E-state index contributed by atoms with van der Waals surface area (Å²) in [7, 11) is 3.20. The molecule has 0 saturated heterocycles.